The van der Waals surface area contributed by atoms with Crippen LogP contribution in [0.1, 0.15) is 6.92 Å². The number of likely N-dealkylation sites (N-methyl/N-ethyl adjacent to an activating group) is 1. The highest BCUT2D eigenvalue weighted by Crippen LogP contribution is 2.15. The Hall–Kier alpha value is -0.940. The van der Waals surface area contributed by atoms with E-state index >= 15 is 0 Å². The Morgan fingerprint density at radius 2 is 2.33 bits per heavy atom. The maximum atomic E-state index is 13.3. The summed E-state index contributed by atoms with van der Waals surface area (Å²) >= 11 is 5.58. The number of hydrogen-bond acceptors (Lipinski definition) is 4. The molecule has 4 nitrogen and oxygen atoms in total. The minimum atomic E-state index is -0.488. The van der Waals surface area contributed by atoms with Crippen molar-refractivity contribution < 1.29 is 9.13 Å². The van der Waals surface area contributed by atoms with Crippen LogP contribution in [0.3, 0.4) is 0 Å². The smallest absolute Gasteiger partial charge is 0.224 e. The molecular weight excluding hydrogens is 221 g/mol. The van der Waals surface area contributed by atoms with E-state index in [9.17, 15) is 4.39 Å². The van der Waals surface area contributed by atoms with Crippen LogP contribution >= 0.6 is 11.6 Å². The Bertz CT molecular complexity index is 324. The van der Waals surface area contributed by atoms with Crippen molar-refractivity contribution in [3.05, 3.63) is 17.3 Å². The second-order valence-electron chi connectivity index (χ2n) is 2.93. The third-order valence-electron chi connectivity index (χ3n) is 1.83. The van der Waals surface area contributed by atoms with Gasteiger partial charge in [-0.2, -0.15) is 4.98 Å². The molecule has 84 valence electrons. The molecule has 1 aromatic heterocycles. The Labute approximate surface area is 93.0 Å². The lowest BCUT2D eigenvalue weighted by Crippen LogP contribution is -2.24. The average Bonchev–Trinajstić information content (AvgIpc) is 2.22. The van der Waals surface area contributed by atoms with Crippen LogP contribution in [0.25, 0.3) is 0 Å². The fourth-order valence-electron chi connectivity index (χ4n) is 1.06. The zero-order chi connectivity index (χ0) is 11.3. The molecule has 0 aromatic carbocycles. The summed E-state index contributed by atoms with van der Waals surface area (Å²) in [5, 5.41) is 0.0367. The fraction of sp³-hybridized carbons (Fsp3) is 0.556. The van der Waals surface area contributed by atoms with E-state index in [1.54, 1.807) is 11.9 Å². The van der Waals surface area contributed by atoms with E-state index in [0.717, 1.165) is 6.20 Å². The lowest BCUT2D eigenvalue weighted by molar-refractivity contribution is 0.154. The second kappa shape index (κ2) is 5.82. The lowest BCUT2D eigenvalue weighted by Gasteiger charge is -2.18. The van der Waals surface area contributed by atoms with E-state index in [1.165, 1.54) is 0 Å². The van der Waals surface area contributed by atoms with E-state index in [-0.39, 0.29) is 11.1 Å². The van der Waals surface area contributed by atoms with Gasteiger partial charge in [0.15, 0.2) is 11.6 Å². The van der Waals surface area contributed by atoms with Gasteiger partial charge in [0.2, 0.25) is 5.28 Å². The highest BCUT2D eigenvalue weighted by atomic mass is 35.5. The van der Waals surface area contributed by atoms with Gasteiger partial charge in [-0.05, 0) is 18.5 Å². The lowest BCUT2D eigenvalue weighted by atomic mass is 10.5. The number of nitrogens with zero attached hydrogens (tertiary/aromatic N) is 3. The molecule has 0 unspecified atom stereocenters. The maximum absolute atomic E-state index is 13.3. The molecule has 0 aliphatic carbocycles. The van der Waals surface area contributed by atoms with Crippen molar-refractivity contribution in [2.45, 2.75) is 6.92 Å². The summed E-state index contributed by atoms with van der Waals surface area (Å²) in [6, 6.07) is 0. The second-order valence-corrected chi connectivity index (χ2v) is 3.27. The minimum Gasteiger partial charge on any atom is -0.380 e. The van der Waals surface area contributed by atoms with E-state index in [0.29, 0.717) is 19.8 Å². The van der Waals surface area contributed by atoms with Crippen LogP contribution in [0.5, 0.6) is 0 Å². The first-order valence-corrected chi connectivity index (χ1v) is 5.00. The van der Waals surface area contributed by atoms with Crippen LogP contribution in [0.15, 0.2) is 6.20 Å². The third kappa shape index (κ3) is 3.60. The van der Waals surface area contributed by atoms with Crippen LogP contribution in [0.4, 0.5) is 10.2 Å². The van der Waals surface area contributed by atoms with Crippen molar-refractivity contribution in [1.82, 2.24) is 9.97 Å². The highest BCUT2D eigenvalue weighted by molar-refractivity contribution is 6.28. The van der Waals surface area contributed by atoms with E-state index in [1.807, 2.05) is 6.92 Å². The zero-order valence-corrected chi connectivity index (χ0v) is 9.46. The summed E-state index contributed by atoms with van der Waals surface area (Å²) in [5.41, 5.74) is 0. The number of ether oxygens (including phenoxy) is 1. The average molecular weight is 234 g/mol. The van der Waals surface area contributed by atoms with Crippen molar-refractivity contribution in [3.63, 3.8) is 0 Å². The Balaban J connectivity index is 2.64. The summed E-state index contributed by atoms with van der Waals surface area (Å²) in [7, 11) is 1.72. The molecule has 0 spiro atoms. The van der Waals surface area contributed by atoms with Gasteiger partial charge in [0.05, 0.1) is 12.8 Å². The Morgan fingerprint density at radius 1 is 1.60 bits per heavy atom. The van der Waals surface area contributed by atoms with Crippen LogP contribution in [0.2, 0.25) is 5.28 Å². The van der Waals surface area contributed by atoms with Gasteiger partial charge in [0.1, 0.15) is 0 Å². The van der Waals surface area contributed by atoms with Gasteiger partial charge in [-0.15, -0.1) is 0 Å². The molecule has 15 heavy (non-hydrogen) atoms. The molecule has 6 heteroatoms. The standard InChI is InChI=1S/C9H13ClFN3O/c1-3-15-5-4-14(2)8-7(11)6-12-9(10)13-8/h6H,3-5H2,1-2H3. The molecule has 0 aliphatic rings. The molecule has 0 atom stereocenters. The highest BCUT2D eigenvalue weighted by Gasteiger charge is 2.10. The normalized spacial score (nSPS) is 10.4. The number of halogens is 2. The molecule has 1 rings (SSSR count). The number of aromatic nitrogens is 2. The van der Waals surface area contributed by atoms with Gasteiger partial charge in [0, 0.05) is 20.2 Å². The number of hydrogen-bond donors (Lipinski definition) is 0. The van der Waals surface area contributed by atoms with Crippen LogP contribution in [-0.4, -0.2) is 36.8 Å². The van der Waals surface area contributed by atoms with Gasteiger partial charge in [-0.1, -0.05) is 0 Å². The fourth-order valence-corrected chi connectivity index (χ4v) is 1.19. The zero-order valence-electron chi connectivity index (χ0n) is 8.70. The molecule has 0 saturated carbocycles. The van der Waals surface area contributed by atoms with Gasteiger partial charge < -0.3 is 9.64 Å². The predicted molar refractivity (Wildman–Crippen MR) is 56.8 cm³/mol. The Kier molecular flexibility index (Phi) is 4.71. The van der Waals surface area contributed by atoms with Crippen molar-refractivity contribution in [2.75, 3.05) is 31.7 Å². The van der Waals surface area contributed by atoms with E-state index in [2.05, 4.69) is 9.97 Å². The molecule has 0 saturated heterocycles. The first-order chi connectivity index (χ1) is 7.15. The van der Waals surface area contributed by atoms with Crippen LogP contribution in [-0.2, 0) is 4.74 Å². The monoisotopic (exact) mass is 233 g/mol. The molecule has 0 aliphatic heterocycles. The van der Waals surface area contributed by atoms with Gasteiger partial charge in [-0.3, -0.25) is 0 Å². The summed E-state index contributed by atoms with van der Waals surface area (Å²) < 4.78 is 18.4. The Morgan fingerprint density at radius 3 is 3.00 bits per heavy atom. The third-order valence-corrected chi connectivity index (χ3v) is 2.02. The number of anilines is 1. The van der Waals surface area contributed by atoms with Crippen molar-refractivity contribution in [1.29, 1.82) is 0 Å². The predicted octanol–water partition coefficient (Wildman–Crippen LogP) is 1.74. The van der Waals surface area contributed by atoms with Crippen LogP contribution < -0.4 is 4.90 Å². The van der Waals surface area contributed by atoms with E-state index < -0.39 is 5.82 Å². The molecule has 0 radical (unpaired) electrons. The first kappa shape index (κ1) is 12.1. The first-order valence-electron chi connectivity index (χ1n) is 4.62. The van der Waals surface area contributed by atoms with Crippen LogP contribution in [0, 0.1) is 5.82 Å². The molecule has 0 N–H and O–H groups in total. The quantitative estimate of drug-likeness (QED) is 0.574. The van der Waals surface area contributed by atoms with Gasteiger partial charge in [-0.25, -0.2) is 9.37 Å². The van der Waals surface area contributed by atoms with Crippen molar-refractivity contribution >= 4 is 17.4 Å². The molecule has 0 amide bonds. The SMILES string of the molecule is CCOCCN(C)c1nc(Cl)ncc1F. The maximum Gasteiger partial charge on any atom is 0.224 e. The van der Waals surface area contributed by atoms with Crippen molar-refractivity contribution in [3.8, 4) is 0 Å². The minimum absolute atomic E-state index is 0.0367. The van der Waals surface area contributed by atoms with Gasteiger partial charge in [0.25, 0.3) is 0 Å². The van der Waals surface area contributed by atoms with Gasteiger partial charge >= 0.3 is 0 Å². The molecule has 0 bridgehead atoms. The summed E-state index contributed by atoms with van der Waals surface area (Å²) in [6.07, 6.45) is 1.06. The largest absolute Gasteiger partial charge is 0.380 e. The molecular formula is C9H13ClFN3O. The summed E-state index contributed by atoms with van der Waals surface area (Å²) in [6.45, 7) is 3.62. The summed E-state index contributed by atoms with van der Waals surface area (Å²) in [5.74, 6) is -0.298. The summed E-state index contributed by atoms with van der Waals surface area (Å²) in [4.78, 5) is 8.98. The molecule has 1 aromatic rings. The topological polar surface area (TPSA) is 38.2 Å². The number of rotatable bonds is 5. The molecule has 0 fully saturated rings. The molecule has 1 heterocycles. The van der Waals surface area contributed by atoms with Crippen molar-refractivity contribution in [2.24, 2.45) is 0 Å². The van der Waals surface area contributed by atoms with E-state index in [4.69, 9.17) is 16.3 Å².